The third-order valence-corrected chi connectivity index (χ3v) is 3.67. The minimum absolute atomic E-state index is 0.0277. The maximum atomic E-state index is 13.3. The standard InChI is InChI=1S/C17H21F3N2/c1-16(2,3)12-7-9-13(10-8-12)21-15(17(18,19)20)14-6-5-11-22(14)4/h5-11,15,21H,1-4H3. The minimum Gasteiger partial charge on any atom is -0.369 e. The molecule has 120 valence electrons. The first-order valence-corrected chi connectivity index (χ1v) is 7.14. The van der Waals surface area contributed by atoms with Crippen LogP contribution < -0.4 is 5.32 Å². The van der Waals surface area contributed by atoms with Crippen molar-refractivity contribution in [1.82, 2.24) is 4.57 Å². The van der Waals surface area contributed by atoms with Gasteiger partial charge in [-0.15, -0.1) is 0 Å². The molecule has 2 aromatic rings. The SMILES string of the molecule is Cn1cccc1C(Nc1ccc(C(C)(C)C)cc1)C(F)(F)F. The second-order valence-corrected chi connectivity index (χ2v) is 6.49. The maximum Gasteiger partial charge on any atom is 0.414 e. The topological polar surface area (TPSA) is 17.0 Å². The van der Waals surface area contributed by atoms with Gasteiger partial charge < -0.3 is 9.88 Å². The molecule has 2 nitrogen and oxygen atoms in total. The fraction of sp³-hybridized carbons (Fsp3) is 0.412. The van der Waals surface area contributed by atoms with Gasteiger partial charge >= 0.3 is 6.18 Å². The Balaban J connectivity index is 2.27. The van der Waals surface area contributed by atoms with Crippen LogP contribution in [0.2, 0.25) is 0 Å². The number of nitrogens with one attached hydrogen (secondary N) is 1. The number of rotatable bonds is 3. The van der Waals surface area contributed by atoms with Crippen molar-refractivity contribution in [2.24, 2.45) is 7.05 Å². The van der Waals surface area contributed by atoms with Crippen LogP contribution in [0.3, 0.4) is 0 Å². The molecular formula is C17H21F3N2. The van der Waals surface area contributed by atoms with Crippen molar-refractivity contribution >= 4 is 5.69 Å². The number of halogens is 3. The van der Waals surface area contributed by atoms with Crippen LogP contribution in [0.15, 0.2) is 42.6 Å². The Morgan fingerprint density at radius 1 is 1.00 bits per heavy atom. The summed E-state index contributed by atoms with van der Waals surface area (Å²) in [7, 11) is 1.61. The van der Waals surface area contributed by atoms with E-state index in [1.54, 1.807) is 31.4 Å². The Morgan fingerprint density at radius 3 is 2.00 bits per heavy atom. The summed E-state index contributed by atoms with van der Waals surface area (Å²) < 4.78 is 41.5. The molecule has 1 aromatic heterocycles. The molecule has 1 N–H and O–H groups in total. The molecule has 1 heterocycles. The molecule has 0 fully saturated rings. The van der Waals surface area contributed by atoms with Crippen molar-refractivity contribution in [3.8, 4) is 0 Å². The molecule has 0 radical (unpaired) electrons. The molecule has 0 amide bonds. The van der Waals surface area contributed by atoms with Gasteiger partial charge in [0.1, 0.15) is 0 Å². The highest BCUT2D eigenvalue weighted by Gasteiger charge is 2.42. The average molecular weight is 310 g/mol. The summed E-state index contributed by atoms with van der Waals surface area (Å²) in [5.41, 5.74) is 1.70. The molecule has 0 aliphatic rings. The first-order chi connectivity index (χ1) is 10.1. The van der Waals surface area contributed by atoms with Crippen molar-refractivity contribution in [1.29, 1.82) is 0 Å². The zero-order valence-corrected chi connectivity index (χ0v) is 13.2. The van der Waals surface area contributed by atoms with Crippen LogP contribution in [0.5, 0.6) is 0 Å². The van der Waals surface area contributed by atoms with Crippen LogP contribution in [-0.2, 0) is 12.5 Å². The van der Waals surface area contributed by atoms with E-state index in [1.165, 1.54) is 10.6 Å². The van der Waals surface area contributed by atoms with Gasteiger partial charge in [0.2, 0.25) is 0 Å². The van der Waals surface area contributed by atoms with Gasteiger partial charge in [-0.05, 0) is 35.2 Å². The van der Waals surface area contributed by atoms with E-state index in [0.29, 0.717) is 5.69 Å². The van der Waals surface area contributed by atoms with Gasteiger partial charge in [-0.1, -0.05) is 32.9 Å². The molecule has 0 saturated heterocycles. The van der Waals surface area contributed by atoms with Gasteiger partial charge in [0.15, 0.2) is 6.04 Å². The number of nitrogens with zero attached hydrogens (tertiary/aromatic N) is 1. The van der Waals surface area contributed by atoms with Crippen LogP contribution in [0.25, 0.3) is 0 Å². The second kappa shape index (κ2) is 5.71. The van der Waals surface area contributed by atoms with Crippen molar-refractivity contribution in [3.63, 3.8) is 0 Å². The summed E-state index contributed by atoms with van der Waals surface area (Å²) in [5.74, 6) is 0. The van der Waals surface area contributed by atoms with Crippen molar-refractivity contribution in [3.05, 3.63) is 53.9 Å². The Kier molecular flexibility index (Phi) is 4.27. The minimum atomic E-state index is -4.37. The molecule has 2 rings (SSSR count). The Bertz CT molecular complexity index is 619. The van der Waals surface area contributed by atoms with Crippen LogP contribution in [0.4, 0.5) is 18.9 Å². The van der Waals surface area contributed by atoms with E-state index in [2.05, 4.69) is 26.1 Å². The average Bonchev–Trinajstić information content (AvgIpc) is 2.80. The van der Waals surface area contributed by atoms with E-state index in [9.17, 15) is 13.2 Å². The van der Waals surface area contributed by atoms with Crippen LogP contribution in [-0.4, -0.2) is 10.7 Å². The number of hydrogen-bond acceptors (Lipinski definition) is 1. The number of hydrogen-bond donors (Lipinski definition) is 1. The summed E-state index contributed by atoms with van der Waals surface area (Å²) in [5, 5.41) is 2.60. The van der Waals surface area contributed by atoms with Crippen molar-refractivity contribution in [2.45, 2.75) is 38.4 Å². The molecular weight excluding hydrogens is 289 g/mol. The number of aryl methyl sites for hydroxylation is 1. The third kappa shape index (κ3) is 3.64. The summed E-state index contributed by atoms with van der Waals surface area (Å²) in [6.45, 7) is 6.20. The number of aromatic nitrogens is 1. The zero-order chi connectivity index (χ0) is 16.5. The number of benzene rings is 1. The van der Waals surface area contributed by atoms with Gasteiger partial charge in [0, 0.05) is 24.6 Å². The lowest BCUT2D eigenvalue weighted by atomic mass is 9.87. The van der Waals surface area contributed by atoms with Gasteiger partial charge in [0.05, 0.1) is 0 Å². The lowest BCUT2D eigenvalue weighted by Gasteiger charge is -2.24. The van der Waals surface area contributed by atoms with E-state index in [4.69, 9.17) is 0 Å². The van der Waals surface area contributed by atoms with Gasteiger partial charge in [-0.2, -0.15) is 13.2 Å². The quantitative estimate of drug-likeness (QED) is 0.840. The third-order valence-electron chi connectivity index (χ3n) is 3.67. The summed E-state index contributed by atoms with van der Waals surface area (Å²) in [6, 6.07) is 8.48. The lowest BCUT2D eigenvalue weighted by Crippen LogP contribution is -2.29. The van der Waals surface area contributed by atoms with Gasteiger partial charge in [0.25, 0.3) is 0 Å². The maximum absolute atomic E-state index is 13.3. The fourth-order valence-corrected chi connectivity index (χ4v) is 2.33. The molecule has 1 unspecified atom stereocenters. The molecule has 0 aliphatic heterocycles. The van der Waals surface area contributed by atoms with Crippen LogP contribution in [0, 0.1) is 0 Å². The first kappa shape index (κ1) is 16.5. The van der Waals surface area contributed by atoms with Crippen LogP contribution in [0.1, 0.15) is 38.1 Å². The first-order valence-electron chi connectivity index (χ1n) is 7.14. The molecule has 0 saturated carbocycles. The molecule has 5 heteroatoms. The van der Waals surface area contributed by atoms with Gasteiger partial charge in [-0.3, -0.25) is 0 Å². The molecule has 0 bridgehead atoms. The molecule has 22 heavy (non-hydrogen) atoms. The monoisotopic (exact) mass is 310 g/mol. The Morgan fingerprint density at radius 2 is 1.59 bits per heavy atom. The Labute approximate surface area is 129 Å². The van der Waals surface area contributed by atoms with Crippen molar-refractivity contribution in [2.75, 3.05) is 5.32 Å². The highest BCUT2D eigenvalue weighted by Crippen LogP contribution is 2.36. The molecule has 1 atom stereocenters. The smallest absolute Gasteiger partial charge is 0.369 e. The van der Waals surface area contributed by atoms with E-state index >= 15 is 0 Å². The normalized spacial score (nSPS) is 14.0. The van der Waals surface area contributed by atoms with Crippen molar-refractivity contribution < 1.29 is 13.2 Å². The largest absolute Gasteiger partial charge is 0.414 e. The highest BCUT2D eigenvalue weighted by atomic mass is 19.4. The molecule has 1 aromatic carbocycles. The molecule has 0 aliphatic carbocycles. The Hall–Kier alpha value is -1.91. The lowest BCUT2D eigenvalue weighted by molar-refractivity contribution is -0.145. The van der Waals surface area contributed by atoms with E-state index in [-0.39, 0.29) is 11.1 Å². The van der Waals surface area contributed by atoms with Gasteiger partial charge in [-0.25, -0.2) is 0 Å². The molecule has 0 spiro atoms. The van der Waals surface area contributed by atoms with E-state index in [0.717, 1.165) is 5.56 Å². The predicted molar refractivity (Wildman–Crippen MR) is 83.0 cm³/mol. The van der Waals surface area contributed by atoms with E-state index in [1.807, 2.05) is 12.1 Å². The highest BCUT2D eigenvalue weighted by molar-refractivity contribution is 5.48. The summed E-state index contributed by atoms with van der Waals surface area (Å²) in [6.07, 6.45) is -2.76. The van der Waals surface area contributed by atoms with E-state index < -0.39 is 12.2 Å². The number of alkyl halides is 3. The summed E-state index contributed by atoms with van der Waals surface area (Å²) >= 11 is 0. The summed E-state index contributed by atoms with van der Waals surface area (Å²) in [4.78, 5) is 0. The number of anilines is 1. The second-order valence-electron chi connectivity index (χ2n) is 6.49. The fourth-order valence-electron chi connectivity index (χ4n) is 2.33. The zero-order valence-electron chi connectivity index (χ0n) is 13.2. The predicted octanol–water partition coefficient (Wildman–Crippen LogP) is 5.04. The van der Waals surface area contributed by atoms with Crippen LogP contribution >= 0.6 is 0 Å².